The maximum Gasteiger partial charge on any atom is 0.115 e. The van der Waals surface area contributed by atoms with E-state index in [9.17, 15) is 5.11 Å². The molecule has 1 heterocycles. The standard InChI is InChI=1S/C12H14BrN3O2/c13-12-2-1-11(18)5-9(12)6-14-10-7-15-16(8-10)3-4-17/h1-2,5,7-8,14,17-18H,3-4,6H2. The molecule has 0 fully saturated rings. The Morgan fingerprint density at radius 2 is 2.22 bits per heavy atom. The molecule has 96 valence electrons. The van der Waals surface area contributed by atoms with Crippen LogP contribution >= 0.6 is 15.9 Å². The van der Waals surface area contributed by atoms with Gasteiger partial charge in [0.15, 0.2) is 0 Å². The van der Waals surface area contributed by atoms with Gasteiger partial charge in [0.25, 0.3) is 0 Å². The zero-order chi connectivity index (χ0) is 13.0. The molecule has 0 radical (unpaired) electrons. The number of hydrogen-bond donors (Lipinski definition) is 3. The molecule has 0 bridgehead atoms. The van der Waals surface area contributed by atoms with Crippen molar-refractivity contribution in [1.29, 1.82) is 0 Å². The highest BCUT2D eigenvalue weighted by molar-refractivity contribution is 9.10. The van der Waals surface area contributed by atoms with Crippen LogP contribution < -0.4 is 5.32 Å². The number of rotatable bonds is 5. The van der Waals surface area contributed by atoms with E-state index in [1.165, 1.54) is 0 Å². The van der Waals surface area contributed by atoms with Crippen LogP contribution in [0, 0.1) is 0 Å². The Balaban J connectivity index is 1.99. The average Bonchev–Trinajstić information content (AvgIpc) is 2.79. The van der Waals surface area contributed by atoms with Gasteiger partial charge in [-0.15, -0.1) is 0 Å². The molecule has 1 aromatic carbocycles. The van der Waals surface area contributed by atoms with Crippen molar-refractivity contribution in [1.82, 2.24) is 9.78 Å². The summed E-state index contributed by atoms with van der Waals surface area (Å²) in [5.74, 6) is 0.242. The third kappa shape index (κ3) is 3.24. The zero-order valence-corrected chi connectivity index (χ0v) is 11.3. The lowest BCUT2D eigenvalue weighted by Gasteiger charge is -2.06. The van der Waals surface area contributed by atoms with Crippen molar-refractivity contribution in [3.63, 3.8) is 0 Å². The number of aromatic hydroxyl groups is 1. The third-order valence-corrected chi connectivity index (χ3v) is 3.25. The van der Waals surface area contributed by atoms with E-state index in [1.807, 2.05) is 12.3 Å². The molecule has 3 N–H and O–H groups in total. The molecular weight excluding hydrogens is 298 g/mol. The first-order chi connectivity index (χ1) is 8.69. The second kappa shape index (κ2) is 5.88. The van der Waals surface area contributed by atoms with Crippen molar-refractivity contribution in [2.45, 2.75) is 13.1 Å². The van der Waals surface area contributed by atoms with Crippen molar-refractivity contribution in [2.24, 2.45) is 0 Å². The number of phenolic OH excluding ortho intramolecular Hbond substituents is 1. The van der Waals surface area contributed by atoms with Crippen molar-refractivity contribution < 1.29 is 10.2 Å². The van der Waals surface area contributed by atoms with Crippen molar-refractivity contribution >= 4 is 21.6 Å². The van der Waals surface area contributed by atoms with Gasteiger partial charge in [0.2, 0.25) is 0 Å². The quantitative estimate of drug-likeness (QED) is 0.789. The highest BCUT2D eigenvalue weighted by atomic mass is 79.9. The summed E-state index contributed by atoms with van der Waals surface area (Å²) in [6.07, 6.45) is 3.53. The molecule has 0 saturated carbocycles. The number of phenols is 1. The van der Waals surface area contributed by atoms with Gasteiger partial charge in [-0.25, -0.2) is 0 Å². The number of aromatic nitrogens is 2. The van der Waals surface area contributed by atoms with E-state index < -0.39 is 0 Å². The smallest absolute Gasteiger partial charge is 0.115 e. The fourth-order valence-electron chi connectivity index (χ4n) is 1.57. The fourth-order valence-corrected chi connectivity index (χ4v) is 1.96. The van der Waals surface area contributed by atoms with E-state index in [2.05, 4.69) is 26.3 Å². The number of anilines is 1. The SMILES string of the molecule is OCCn1cc(NCc2cc(O)ccc2Br)cn1. The molecule has 0 atom stereocenters. The van der Waals surface area contributed by atoms with Crippen molar-refractivity contribution in [2.75, 3.05) is 11.9 Å². The zero-order valence-electron chi connectivity index (χ0n) is 9.67. The van der Waals surface area contributed by atoms with E-state index in [1.54, 1.807) is 23.0 Å². The average molecular weight is 312 g/mol. The Hall–Kier alpha value is -1.53. The summed E-state index contributed by atoms with van der Waals surface area (Å²) in [4.78, 5) is 0. The summed E-state index contributed by atoms with van der Waals surface area (Å²) in [6.45, 7) is 1.14. The highest BCUT2D eigenvalue weighted by Crippen LogP contribution is 2.22. The number of benzene rings is 1. The molecule has 0 aliphatic rings. The van der Waals surface area contributed by atoms with E-state index in [0.717, 1.165) is 15.7 Å². The minimum atomic E-state index is 0.0687. The topological polar surface area (TPSA) is 70.3 Å². The highest BCUT2D eigenvalue weighted by Gasteiger charge is 2.02. The molecular formula is C12H14BrN3O2. The summed E-state index contributed by atoms with van der Waals surface area (Å²) in [6, 6.07) is 5.14. The van der Waals surface area contributed by atoms with E-state index in [-0.39, 0.29) is 12.4 Å². The first kappa shape index (κ1) is 12.9. The molecule has 2 aromatic rings. The molecule has 6 heteroatoms. The predicted octanol–water partition coefficient (Wildman–Crippen LogP) is 1.96. The van der Waals surface area contributed by atoms with Gasteiger partial charge >= 0.3 is 0 Å². The van der Waals surface area contributed by atoms with Gasteiger partial charge in [0, 0.05) is 17.2 Å². The molecule has 0 aliphatic carbocycles. The minimum absolute atomic E-state index is 0.0687. The van der Waals surface area contributed by atoms with Gasteiger partial charge in [-0.3, -0.25) is 4.68 Å². The lowest BCUT2D eigenvalue weighted by atomic mass is 10.2. The normalized spacial score (nSPS) is 10.6. The Morgan fingerprint density at radius 3 is 3.00 bits per heavy atom. The second-order valence-electron chi connectivity index (χ2n) is 3.84. The number of nitrogens with zero attached hydrogens (tertiary/aromatic N) is 2. The molecule has 18 heavy (non-hydrogen) atoms. The van der Waals surface area contributed by atoms with Gasteiger partial charge < -0.3 is 15.5 Å². The van der Waals surface area contributed by atoms with Crippen LogP contribution in [0.25, 0.3) is 0 Å². The maximum absolute atomic E-state index is 9.42. The van der Waals surface area contributed by atoms with Crippen LogP contribution in [0.4, 0.5) is 5.69 Å². The molecule has 0 unspecified atom stereocenters. The predicted molar refractivity (Wildman–Crippen MR) is 72.4 cm³/mol. The Morgan fingerprint density at radius 1 is 1.39 bits per heavy atom. The number of halogens is 1. The number of aliphatic hydroxyl groups is 1. The van der Waals surface area contributed by atoms with E-state index in [0.29, 0.717) is 13.1 Å². The number of aliphatic hydroxyl groups excluding tert-OH is 1. The summed E-state index contributed by atoms with van der Waals surface area (Å²) in [5.41, 5.74) is 1.84. The van der Waals surface area contributed by atoms with Crippen LogP contribution in [0.2, 0.25) is 0 Å². The van der Waals surface area contributed by atoms with Gasteiger partial charge in [-0.05, 0) is 23.8 Å². The number of hydrogen-bond acceptors (Lipinski definition) is 4. The molecule has 0 saturated heterocycles. The van der Waals surface area contributed by atoms with Crippen LogP contribution in [-0.2, 0) is 13.1 Å². The maximum atomic E-state index is 9.42. The first-order valence-electron chi connectivity index (χ1n) is 5.53. The molecule has 2 rings (SSSR count). The lowest BCUT2D eigenvalue weighted by Crippen LogP contribution is -2.02. The van der Waals surface area contributed by atoms with Crippen LogP contribution in [0.1, 0.15) is 5.56 Å². The monoisotopic (exact) mass is 311 g/mol. The Kier molecular flexibility index (Phi) is 4.22. The summed E-state index contributed by atoms with van der Waals surface area (Å²) < 4.78 is 2.61. The summed E-state index contributed by atoms with van der Waals surface area (Å²) in [5, 5.41) is 25.5. The van der Waals surface area contributed by atoms with Crippen LogP contribution in [0.15, 0.2) is 35.1 Å². The van der Waals surface area contributed by atoms with Gasteiger partial charge in [0.05, 0.1) is 25.0 Å². The fraction of sp³-hybridized carbons (Fsp3) is 0.250. The van der Waals surface area contributed by atoms with Gasteiger partial charge in [0.1, 0.15) is 5.75 Å². The minimum Gasteiger partial charge on any atom is -0.508 e. The van der Waals surface area contributed by atoms with Crippen LogP contribution in [-0.4, -0.2) is 26.6 Å². The largest absolute Gasteiger partial charge is 0.508 e. The van der Waals surface area contributed by atoms with Gasteiger partial charge in [-0.1, -0.05) is 15.9 Å². The summed E-state index contributed by atoms with van der Waals surface area (Å²) >= 11 is 3.43. The van der Waals surface area contributed by atoms with Crippen molar-refractivity contribution in [3.8, 4) is 5.75 Å². The van der Waals surface area contributed by atoms with Crippen molar-refractivity contribution in [3.05, 3.63) is 40.6 Å². The second-order valence-corrected chi connectivity index (χ2v) is 4.70. The van der Waals surface area contributed by atoms with E-state index in [4.69, 9.17) is 5.11 Å². The Bertz CT molecular complexity index is 528. The molecule has 0 spiro atoms. The molecule has 0 amide bonds. The molecule has 0 aliphatic heterocycles. The van der Waals surface area contributed by atoms with E-state index >= 15 is 0 Å². The van der Waals surface area contributed by atoms with Gasteiger partial charge in [-0.2, -0.15) is 5.10 Å². The third-order valence-electron chi connectivity index (χ3n) is 2.47. The molecule has 5 nitrogen and oxygen atoms in total. The van der Waals surface area contributed by atoms with Crippen LogP contribution in [0.3, 0.4) is 0 Å². The first-order valence-corrected chi connectivity index (χ1v) is 6.33. The number of nitrogens with one attached hydrogen (secondary N) is 1. The Labute approximate surface area is 113 Å². The molecule has 1 aromatic heterocycles. The van der Waals surface area contributed by atoms with Crippen LogP contribution in [0.5, 0.6) is 5.75 Å². The summed E-state index contributed by atoms with van der Waals surface area (Å²) in [7, 11) is 0. The lowest BCUT2D eigenvalue weighted by molar-refractivity contribution is 0.269.